The lowest BCUT2D eigenvalue weighted by molar-refractivity contribution is -0.373. The number of halogens is 11. The Bertz CT molecular complexity index is 844. The predicted octanol–water partition coefficient (Wildman–Crippen LogP) is 4.09. The van der Waals surface area contributed by atoms with Crippen molar-refractivity contribution in [3.8, 4) is 5.75 Å². The molecule has 0 radical (unpaired) electrons. The molecule has 5 nitrogen and oxygen atoms in total. The van der Waals surface area contributed by atoms with Crippen LogP contribution in [-0.4, -0.2) is 42.6 Å². The molecule has 162 valence electrons. The first-order valence-corrected chi connectivity index (χ1v) is 8.43. The second-order valence-corrected chi connectivity index (χ2v) is 7.24. The summed E-state index contributed by atoms with van der Waals surface area (Å²) in [5.74, 6) is -4.78. The standard InChI is InChI=1S/C11H5BrF10O5S/c12-3-1-4(28(24,25)26)6(13)5(9(14,15)16)7(3)27-2-8(23,10(17,18)19)11(20,21)22/h1,23H,2H2,(H,24,25,26). The third kappa shape index (κ3) is 4.62. The van der Waals surface area contributed by atoms with E-state index in [1.807, 2.05) is 0 Å². The van der Waals surface area contributed by atoms with Gasteiger partial charge in [-0.3, -0.25) is 4.55 Å². The smallest absolute Gasteiger partial charge is 0.429 e. The minimum atomic E-state index is -6.46. The van der Waals surface area contributed by atoms with Crippen LogP contribution in [0.2, 0.25) is 0 Å². The van der Waals surface area contributed by atoms with E-state index in [4.69, 9.17) is 9.66 Å². The molecule has 28 heavy (non-hydrogen) atoms. The van der Waals surface area contributed by atoms with E-state index < -0.39 is 67.4 Å². The lowest BCUT2D eigenvalue weighted by Crippen LogP contribution is -2.60. The molecule has 1 aromatic rings. The maximum Gasteiger partial charge on any atom is 0.429 e. The third-order valence-corrected chi connectivity index (χ3v) is 4.50. The molecule has 0 heterocycles. The summed E-state index contributed by atoms with van der Waals surface area (Å²) in [6, 6.07) is -0.0878. The molecular formula is C11H5BrF10O5S. The zero-order valence-electron chi connectivity index (χ0n) is 12.5. The summed E-state index contributed by atoms with van der Waals surface area (Å²) in [7, 11) is -5.62. The van der Waals surface area contributed by atoms with Crippen molar-refractivity contribution in [1.82, 2.24) is 0 Å². The van der Waals surface area contributed by atoms with Gasteiger partial charge in [-0.15, -0.1) is 0 Å². The van der Waals surface area contributed by atoms with E-state index in [0.717, 1.165) is 0 Å². The average Bonchev–Trinajstić information content (AvgIpc) is 2.42. The Kier molecular flexibility index (Phi) is 6.33. The first kappa shape index (κ1) is 24.7. The maximum atomic E-state index is 13.9. The van der Waals surface area contributed by atoms with Crippen LogP contribution in [0.15, 0.2) is 15.4 Å². The highest BCUT2D eigenvalue weighted by molar-refractivity contribution is 9.10. The van der Waals surface area contributed by atoms with Crippen LogP contribution < -0.4 is 4.74 Å². The van der Waals surface area contributed by atoms with Crippen molar-refractivity contribution < 1.29 is 66.7 Å². The fourth-order valence-electron chi connectivity index (χ4n) is 1.67. The molecule has 1 rings (SSSR count). The van der Waals surface area contributed by atoms with Gasteiger partial charge in [0.1, 0.15) is 22.8 Å². The van der Waals surface area contributed by atoms with E-state index in [9.17, 15) is 52.3 Å². The molecule has 0 unspecified atom stereocenters. The molecule has 0 aliphatic carbocycles. The molecular weight excluding hydrogens is 514 g/mol. The van der Waals surface area contributed by atoms with Gasteiger partial charge in [0.2, 0.25) is 0 Å². The second-order valence-electron chi connectivity index (χ2n) is 4.99. The topological polar surface area (TPSA) is 83.8 Å². The van der Waals surface area contributed by atoms with Gasteiger partial charge >= 0.3 is 18.5 Å². The summed E-state index contributed by atoms with van der Waals surface area (Å²) >= 11 is 2.17. The molecule has 0 saturated heterocycles. The molecule has 0 amide bonds. The summed E-state index contributed by atoms with van der Waals surface area (Å²) in [4.78, 5) is -1.99. The summed E-state index contributed by atoms with van der Waals surface area (Å²) in [6.45, 7) is -2.88. The van der Waals surface area contributed by atoms with Crippen LogP contribution in [0.4, 0.5) is 43.9 Å². The Labute approximate surface area is 156 Å². The van der Waals surface area contributed by atoms with Gasteiger partial charge in [-0.25, -0.2) is 4.39 Å². The van der Waals surface area contributed by atoms with Crippen LogP contribution in [0.25, 0.3) is 0 Å². The van der Waals surface area contributed by atoms with Crippen molar-refractivity contribution in [3.05, 3.63) is 21.9 Å². The van der Waals surface area contributed by atoms with E-state index in [1.54, 1.807) is 0 Å². The van der Waals surface area contributed by atoms with Crippen molar-refractivity contribution in [3.63, 3.8) is 0 Å². The zero-order chi connectivity index (χ0) is 22.5. The van der Waals surface area contributed by atoms with Crippen LogP contribution >= 0.6 is 15.9 Å². The van der Waals surface area contributed by atoms with Gasteiger partial charge in [-0.2, -0.15) is 47.9 Å². The quantitative estimate of drug-likeness (QED) is 0.463. The molecule has 0 aliphatic rings. The molecule has 0 spiro atoms. The Balaban J connectivity index is 3.65. The summed E-state index contributed by atoms with van der Waals surface area (Å²) in [5, 5.41) is 8.88. The van der Waals surface area contributed by atoms with Gasteiger partial charge in [0.05, 0.1) is 4.47 Å². The van der Waals surface area contributed by atoms with E-state index >= 15 is 0 Å². The van der Waals surface area contributed by atoms with Crippen molar-refractivity contribution >= 4 is 26.0 Å². The Morgan fingerprint density at radius 2 is 1.43 bits per heavy atom. The van der Waals surface area contributed by atoms with E-state index in [0.29, 0.717) is 0 Å². The largest absolute Gasteiger partial charge is 0.488 e. The van der Waals surface area contributed by atoms with E-state index in [-0.39, 0.29) is 6.07 Å². The molecule has 17 heteroatoms. The SMILES string of the molecule is O=S(=O)(O)c1cc(Br)c(OCC(O)(C(F)(F)F)C(F)(F)F)c(C(F)(F)F)c1F. The zero-order valence-corrected chi connectivity index (χ0v) is 14.9. The van der Waals surface area contributed by atoms with Crippen LogP contribution in [0, 0.1) is 5.82 Å². The predicted molar refractivity (Wildman–Crippen MR) is 71.5 cm³/mol. The fourth-order valence-corrected chi connectivity index (χ4v) is 2.96. The third-order valence-electron chi connectivity index (χ3n) is 3.06. The number of alkyl halides is 9. The van der Waals surface area contributed by atoms with Gasteiger partial charge in [0, 0.05) is 0 Å². The molecule has 2 N–H and O–H groups in total. The number of hydrogen-bond donors (Lipinski definition) is 2. The summed E-state index contributed by atoms with van der Waals surface area (Å²) in [6.07, 6.45) is -18.8. The highest BCUT2D eigenvalue weighted by Gasteiger charge is 2.71. The molecule has 0 bridgehead atoms. The summed E-state index contributed by atoms with van der Waals surface area (Å²) < 4.78 is 161. The first-order valence-electron chi connectivity index (χ1n) is 6.20. The normalized spacial score (nSPS) is 14.3. The lowest BCUT2D eigenvalue weighted by Gasteiger charge is -2.32. The Morgan fingerprint density at radius 1 is 1.00 bits per heavy atom. The monoisotopic (exact) mass is 518 g/mol. The lowest BCUT2D eigenvalue weighted by atomic mass is 10.0. The minimum absolute atomic E-state index is 0.0878. The van der Waals surface area contributed by atoms with Crippen LogP contribution in [0.1, 0.15) is 5.56 Å². The van der Waals surface area contributed by atoms with Gasteiger partial charge in [0.25, 0.3) is 15.7 Å². The highest BCUT2D eigenvalue weighted by Crippen LogP contribution is 2.47. The van der Waals surface area contributed by atoms with E-state index in [2.05, 4.69) is 20.7 Å². The first-order chi connectivity index (χ1) is 12.1. The van der Waals surface area contributed by atoms with Crippen molar-refractivity contribution in [2.45, 2.75) is 29.0 Å². The van der Waals surface area contributed by atoms with Crippen LogP contribution in [0.3, 0.4) is 0 Å². The van der Waals surface area contributed by atoms with Crippen molar-refractivity contribution in [2.75, 3.05) is 6.61 Å². The van der Waals surface area contributed by atoms with Gasteiger partial charge in [-0.1, -0.05) is 0 Å². The Hall–Kier alpha value is -1.33. The van der Waals surface area contributed by atoms with Gasteiger partial charge in [-0.05, 0) is 22.0 Å². The fraction of sp³-hybridized carbons (Fsp3) is 0.455. The van der Waals surface area contributed by atoms with Crippen LogP contribution in [-0.2, 0) is 16.3 Å². The number of ether oxygens (including phenoxy) is 1. The second kappa shape index (κ2) is 7.17. The molecule has 0 aliphatic heterocycles. The minimum Gasteiger partial charge on any atom is -0.488 e. The average molecular weight is 519 g/mol. The number of hydrogen-bond acceptors (Lipinski definition) is 4. The number of rotatable bonds is 4. The highest BCUT2D eigenvalue weighted by atomic mass is 79.9. The van der Waals surface area contributed by atoms with Crippen molar-refractivity contribution in [1.29, 1.82) is 0 Å². The molecule has 0 fully saturated rings. The molecule has 0 atom stereocenters. The van der Waals surface area contributed by atoms with Crippen LogP contribution in [0.5, 0.6) is 5.75 Å². The maximum absolute atomic E-state index is 13.9. The van der Waals surface area contributed by atoms with Gasteiger partial charge < -0.3 is 9.84 Å². The molecule has 0 saturated carbocycles. The van der Waals surface area contributed by atoms with Gasteiger partial charge in [0.15, 0.2) is 5.82 Å². The molecule has 0 aromatic heterocycles. The van der Waals surface area contributed by atoms with E-state index in [1.165, 1.54) is 0 Å². The number of benzene rings is 1. The number of aliphatic hydroxyl groups is 1. The Morgan fingerprint density at radius 3 is 1.75 bits per heavy atom. The summed E-state index contributed by atoms with van der Waals surface area (Å²) in [5.41, 5.74) is -8.37. The van der Waals surface area contributed by atoms with Crippen molar-refractivity contribution in [2.24, 2.45) is 0 Å². The molecule has 1 aromatic carbocycles.